The van der Waals surface area contributed by atoms with Crippen LogP contribution in [0.4, 0.5) is 13.6 Å². The number of halogens is 2. The standard InChI is InChI=1S/C34H35F2N3O11S/c1-17-26-25(18(2)40)30(42)39(26)27(33(45)49-15-47-31(43)19-5-9-21(35)10-6-19)28(17)51-23-13-24(29(41)37(3)4)38(14-23)34(46)50-16-48-32(44)20-7-11-22(36)12-8-20/h5-12,17-18,23-26,40H,13-16H2,1-4H3/t17-,18-,23+,24+,25-,26-/m1/s1. The van der Waals surface area contributed by atoms with Crippen LogP contribution in [0, 0.1) is 23.5 Å². The maximum atomic E-state index is 13.5. The Bertz CT molecular complexity index is 1740. The molecule has 3 heterocycles. The number of aliphatic hydroxyl groups excluding tert-OH is 1. The zero-order chi connectivity index (χ0) is 37.1. The van der Waals surface area contributed by atoms with Crippen molar-refractivity contribution in [1.29, 1.82) is 0 Å². The summed E-state index contributed by atoms with van der Waals surface area (Å²) in [6.45, 7) is 1.61. The Morgan fingerprint density at radius 3 is 1.90 bits per heavy atom. The SMILES string of the molecule is C[C@@H](O)[C@H]1C(=O)N2C(C(=O)OCOC(=O)c3ccc(F)cc3)=C(S[C@H]3C[C@@H](C(=O)N(C)C)N(C(=O)OCOC(=O)c4ccc(F)cc4)C3)[C@H](C)[C@H]12. The first kappa shape index (κ1) is 37.2. The van der Waals surface area contributed by atoms with Crippen molar-refractivity contribution < 1.29 is 61.6 Å². The number of carbonyl (C=O) groups is 6. The van der Waals surface area contributed by atoms with E-state index in [1.165, 1.54) is 71.7 Å². The van der Waals surface area contributed by atoms with Gasteiger partial charge in [-0.15, -0.1) is 11.8 Å². The quantitative estimate of drug-likeness (QED) is 0.204. The van der Waals surface area contributed by atoms with Crippen LogP contribution in [0.5, 0.6) is 0 Å². The summed E-state index contributed by atoms with van der Waals surface area (Å²) in [5, 5.41) is 9.84. The Morgan fingerprint density at radius 2 is 1.39 bits per heavy atom. The van der Waals surface area contributed by atoms with Gasteiger partial charge in [-0.2, -0.15) is 0 Å². The fourth-order valence-corrected chi connectivity index (χ4v) is 7.75. The van der Waals surface area contributed by atoms with Gasteiger partial charge in [0.1, 0.15) is 23.4 Å². The summed E-state index contributed by atoms with van der Waals surface area (Å²) >= 11 is 1.17. The molecule has 3 aliphatic rings. The van der Waals surface area contributed by atoms with Gasteiger partial charge < -0.3 is 33.9 Å². The van der Waals surface area contributed by atoms with Crippen LogP contribution in [0.15, 0.2) is 59.1 Å². The molecule has 0 spiro atoms. The monoisotopic (exact) mass is 731 g/mol. The van der Waals surface area contributed by atoms with E-state index >= 15 is 0 Å². The summed E-state index contributed by atoms with van der Waals surface area (Å²) in [5.74, 6) is -6.00. The Balaban J connectivity index is 1.30. The minimum Gasteiger partial charge on any atom is -0.424 e. The average molecular weight is 732 g/mol. The molecule has 3 amide bonds. The highest BCUT2D eigenvalue weighted by atomic mass is 32.2. The number of rotatable bonds is 11. The molecule has 2 saturated heterocycles. The van der Waals surface area contributed by atoms with Crippen LogP contribution in [-0.2, 0) is 33.3 Å². The maximum Gasteiger partial charge on any atom is 0.413 e. The second-order valence-electron chi connectivity index (χ2n) is 12.3. The van der Waals surface area contributed by atoms with Crippen molar-refractivity contribution in [3.8, 4) is 0 Å². The number of hydrogen-bond donors (Lipinski definition) is 1. The van der Waals surface area contributed by atoms with Gasteiger partial charge in [0, 0.05) is 36.7 Å². The molecule has 2 aromatic rings. The van der Waals surface area contributed by atoms with Gasteiger partial charge in [0.2, 0.25) is 25.4 Å². The normalized spacial score (nSPS) is 22.9. The van der Waals surface area contributed by atoms with Crippen LogP contribution in [0.1, 0.15) is 41.0 Å². The van der Waals surface area contributed by atoms with Crippen molar-refractivity contribution in [1.82, 2.24) is 14.7 Å². The van der Waals surface area contributed by atoms with Gasteiger partial charge in [-0.1, -0.05) is 6.92 Å². The number of likely N-dealkylation sites (N-methyl/N-ethyl adjacent to an activating group) is 1. The molecule has 17 heteroatoms. The number of amides is 3. The Morgan fingerprint density at radius 1 is 0.882 bits per heavy atom. The topological polar surface area (TPSA) is 169 Å². The molecule has 14 nitrogen and oxygen atoms in total. The summed E-state index contributed by atoms with van der Waals surface area (Å²) in [5.41, 5.74) is -0.0557. The summed E-state index contributed by atoms with van der Waals surface area (Å²) < 4.78 is 46.8. The number of hydrogen-bond acceptors (Lipinski definition) is 12. The van der Waals surface area contributed by atoms with E-state index in [1.54, 1.807) is 6.92 Å². The number of nitrogens with zero attached hydrogens (tertiary/aromatic N) is 3. The molecule has 0 bridgehead atoms. The lowest BCUT2D eigenvalue weighted by molar-refractivity contribution is -0.166. The highest BCUT2D eigenvalue weighted by Gasteiger charge is 2.60. The van der Waals surface area contributed by atoms with Gasteiger partial charge in [-0.3, -0.25) is 14.5 Å². The first-order chi connectivity index (χ1) is 24.2. The predicted octanol–water partition coefficient (Wildman–Crippen LogP) is 2.91. The van der Waals surface area contributed by atoms with E-state index in [2.05, 4.69) is 0 Å². The number of aliphatic hydroxyl groups is 1. The zero-order valence-electron chi connectivity index (χ0n) is 27.9. The van der Waals surface area contributed by atoms with Crippen LogP contribution in [0.2, 0.25) is 0 Å². The summed E-state index contributed by atoms with van der Waals surface area (Å²) in [7, 11) is 3.03. The molecule has 0 saturated carbocycles. The summed E-state index contributed by atoms with van der Waals surface area (Å²) in [6.07, 6.45) is -1.84. The fraction of sp³-hybridized carbons (Fsp3) is 0.412. The number of esters is 3. The molecular weight excluding hydrogens is 696 g/mol. The van der Waals surface area contributed by atoms with Crippen molar-refractivity contribution in [3.05, 3.63) is 81.9 Å². The highest BCUT2D eigenvalue weighted by Crippen LogP contribution is 2.52. The van der Waals surface area contributed by atoms with Gasteiger partial charge in [0.25, 0.3) is 0 Å². The molecule has 1 N–H and O–H groups in total. The summed E-state index contributed by atoms with van der Waals surface area (Å²) in [6, 6.07) is 7.51. The van der Waals surface area contributed by atoms with Gasteiger partial charge >= 0.3 is 24.0 Å². The van der Waals surface area contributed by atoms with Crippen molar-refractivity contribution in [2.45, 2.75) is 43.7 Å². The van der Waals surface area contributed by atoms with Crippen molar-refractivity contribution in [2.75, 3.05) is 34.2 Å². The average Bonchev–Trinajstić information content (AvgIpc) is 3.61. The molecule has 0 radical (unpaired) electrons. The second-order valence-corrected chi connectivity index (χ2v) is 13.6. The summed E-state index contributed by atoms with van der Waals surface area (Å²) in [4.78, 5) is 81.7. The van der Waals surface area contributed by atoms with Crippen LogP contribution < -0.4 is 0 Å². The van der Waals surface area contributed by atoms with Gasteiger partial charge in [0.05, 0.1) is 29.2 Å². The van der Waals surface area contributed by atoms with E-state index in [-0.39, 0.29) is 29.8 Å². The molecule has 0 aliphatic carbocycles. The Hall–Kier alpha value is -5.03. The van der Waals surface area contributed by atoms with E-state index in [4.69, 9.17) is 18.9 Å². The van der Waals surface area contributed by atoms with Crippen LogP contribution in [0.3, 0.4) is 0 Å². The predicted molar refractivity (Wildman–Crippen MR) is 173 cm³/mol. The lowest BCUT2D eigenvalue weighted by atomic mass is 9.79. The molecule has 51 heavy (non-hydrogen) atoms. The number of carbonyl (C=O) groups excluding carboxylic acids is 6. The highest BCUT2D eigenvalue weighted by molar-refractivity contribution is 8.03. The molecule has 2 fully saturated rings. The van der Waals surface area contributed by atoms with Crippen LogP contribution in [-0.4, -0.2) is 113 Å². The third-order valence-corrected chi connectivity index (χ3v) is 10.2. The van der Waals surface area contributed by atoms with Crippen molar-refractivity contribution in [3.63, 3.8) is 0 Å². The van der Waals surface area contributed by atoms with E-state index in [9.17, 15) is 42.7 Å². The molecule has 5 rings (SSSR count). The first-order valence-electron chi connectivity index (χ1n) is 15.8. The van der Waals surface area contributed by atoms with Gasteiger partial charge in [-0.25, -0.2) is 28.0 Å². The minimum absolute atomic E-state index is 0.0207. The number of benzene rings is 2. The lowest BCUT2D eigenvalue weighted by Gasteiger charge is -2.46. The van der Waals surface area contributed by atoms with Gasteiger partial charge in [0.15, 0.2) is 0 Å². The molecule has 6 atom stereocenters. The van der Waals surface area contributed by atoms with Crippen LogP contribution >= 0.6 is 11.8 Å². The smallest absolute Gasteiger partial charge is 0.413 e. The fourth-order valence-electron chi connectivity index (χ4n) is 6.23. The van der Waals surface area contributed by atoms with E-state index < -0.39 is 96.3 Å². The minimum atomic E-state index is -1.02. The van der Waals surface area contributed by atoms with Crippen molar-refractivity contribution in [2.24, 2.45) is 11.8 Å². The number of fused-ring (bicyclic) bond motifs is 1. The number of ether oxygens (including phenoxy) is 4. The molecule has 3 aliphatic heterocycles. The van der Waals surface area contributed by atoms with E-state index in [1.807, 2.05) is 0 Å². The number of β-lactam (4-membered cyclic amide) rings is 1. The molecule has 272 valence electrons. The molecular formula is C34H35F2N3O11S. The van der Waals surface area contributed by atoms with E-state index in [0.29, 0.717) is 4.91 Å². The zero-order valence-corrected chi connectivity index (χ0v) is 28.8. The number of thioether (sulfide) groups is 1. The van der Waals surface area contributed by atoms with Crippen LogP contribution in [0.25, 0.3) is 0 Å². The second kappa shape index (κ2) is 15.5. The van der Waals surface area contributed by atoms with Gasteiger partial charge in [-0.05, 0) is 61.9 Å². The maximum absolute atomic E-state index is 13.5. The van der Waals surface area contributed by atoms with E-state index in [0.717, 1.165) is 24.3 Å². The third kappa shape index (κ3) is 7.83. The largest absolute Gasteiger partial charge is 0.424 e. The Labute approximate surface area is 295 Å². The molecule has 2 aromatic carbocycles. The first-order valence-corrected chi connectivity index (χ1v) is 16.7. The Kier molecular flexibility index (Phi) is 11.3. The number of likely N-dealkylation sites (tertiary alicyclic amines) is 1. The lowest BCUT2D eigenvalue weighted by Crippen LogP contribution is -2.63. The van der Waals surface area contributed by atoms with Crippen molar-refractivity contribution >= 4 is 47.6 Å². The third-order valence-electron chi connectivity index (χ3n) is 8.73. The molecule has 0 aromatic heterocycles. The molecule has 0 unspecified atom stereocenters.